The molecule has 0 aliphatic carbocycles. The van der Waals surface area contributed by atoms with Crippen molar-refractivity contribution < 1.29 is 19.1 Å². The van der Waals surface area contributed by atoms with Crippen LogP contribution in [0.1, 0.15) is 33.6 Å². The molecule has 0 spiro atoms. The van der Waals surface area contributed by atoms with Crippen LogP contribution in [-0.4, -0.2) is 58.2 Å². The molecule has 3 heterocycles. The zero-order chi connectivity index (χ0) is 21.4. The third kappa shape index (κ3) is 3.63. The Labute approximate surface area is 179 Å². The fourth-order valence-electron chi connectivity index (χ4n) is 3.99. The maximum absolute atomic E-state index is 12.4. The van der Waals surface area contributed by atoms with E-state index in [4.69, 9.17) is 4.74 Å². The average molecular weight is 415 g/mol. The van der Waals surface area contributed by atoms with E-state index in [0.717, 1.165) is 10.9 Å². The van der Waals surface area contributed by atoms with E-state index in [2.05, 4.69) is 4.98 Å². The van der Waals surface area contributed by atoms with Gasteiger partial charge in [-0.25, -0.2) is 4.98 Å². The number of rotatable bonds is 6. The summed E-state index contributed by atoms with van der Waals surface area (Å²) >= 11 is 0. The number of imide groups is 1. The lowest BCUT2D eigenvalue weighted by Gasteiger charge is -2.38. The molecule has 2 aliphatic rings. The van der Waals surface area contributed by atoms with Gasteiger partial charge in [0.15, 0.2) is 0 Å². The Morgan fingerprint density at radius 3 is 2.35 bits per heavy atom. The highest BCUT2D eigenvalue weighted by Crippen LogP contribution is 2.24. The minimum Gasteiger partial charge on any atom is -0.471 e. The highest BCUT2D eigenvalue weighted by atomic mass is 16.5. The van der Waals surface area contributed by atoms with Gasteiger partial charge in [0.1, 0.15) is 6.10 Å². The summed E-state index contributed by atoms with van der Waals surface area (Å²) in [6.45, 7) is 1.27. The lowest BCUT2D eigenvalue weighted by molar-refractivity contribution is -0.140. The van der Waals surface area contributed by atoms with Crippen LogP contribution in [0.25, 0.3) is 10.9 Å². The monoisotopic (exact) mass is 415 g/mol. The fourth-order valence-corrected chi connectivity index (χ4v) is 3.99. The summed E-state index contributed by atoms with van der Waals surface area (Å²) in [5.41, 5.74) is 1.74. The molecule has 0 unspecified atom stereocenters. The van der Waals surface area contributed by atoms with Crippen LogP contribution in [0.15, 0.2) is 60.7 Å². The molecular weight excluding hydrogens is 394 g/mol. The Morgan fingerprint density at radius 1 is 0.935 bits per heavy atom. The van der Waals surface area contributed by atoms with E-state index in [1.165, 1.54) is 4.90 Å². The first-order valence-corrected chi connectivity index (χ1v) is 10.4. The largest absolute Gasteiger partial charge is 0.471 e. The van der Waals surface area contributed by atoms with Crippen molar-refractivity contribution in [2.75, 3.05) is 19.6 Å². The first-order chi connectivity index (χ1) is 15.1. The SMILES string of the molecule is O=C(CCCN1C(=O)c2ccccc2C1=O)N1CC(Oc2ccc3ccccc3n2)C1. The van der Waals surface area contributed by atoms with Gasteiger partial charge in [0.05, 0.1) is 29.7 Å². The third-order valence-electron chi connectivity index (χ3n) is 5.71. The number of likely N-dealkylation sites (tertiary alicyclic amines) is 1. The summed E-state index contributed by atoms with van der Waals surface area (Å²) in [5.74, 6) is -0.00829. The molecule has 2 aliphatic heterocycles. The van der Waals surface area contributed by atoms with Crippen molar-refractivity contribution in [3.63, 3.8) is 0 Å². The zero-order valence-corrected chi connectivity index (χ0v) is 16.9. The smallest absolute Gasteiger partial charge is 0.261 e. The van der Waals surface area contributed by atoms with E-state index < -0.39 is 0 Å². The van der Waals surface area contributed by atoms with Crippen molar-refractivity contribution >= 4 is 28.6 Å². The van der Waals surface area contributed by atoms with Gasteiger partial charge in [0, 0.05) is 24.4 Å². The second-order valence-corrected chi connectivity index (χ2v) is 7.79. The maximum atomic E-state index is 12.4. The van der Waals surface area contributed by atoms with Crippen molar-refractivity contribution in [2.24, 2.45) is 0 Å². The van der Waals surface area contributed by atoms with E-state index in [9.17, 15) is 14.4 Å². The van der Waals surface area contributed by atoms with E-state index >= 15 is 0 Å². The first kappa shape index (κ1) is 19.2. The van der Waals surface area contributed by atoms with Gasteiger partial charge in [0.2, 0.25) is 11.8 Å². The standard InChI is InChI=1S/C24H21N3O4/c28-22(10-5-13-27-23(29)18-7-2-3-8-19(18)24(27)30)26-14-17(15-26)31-21-12-11-16-6-1-4-9-20(16)25-21/h1-4,6-9,11-12,17H,5,10,13-15H2. The lowest BCUT2D eigenvalue weighted by atomic mass is 10.1. The summed E-state index contributed by atoms with van der Waals surface area (Å²) in [6, 6.07) is 18.5. The highest BCUT2D eigenvalue weighted by molar-refractivity contribution is 6.21. The van der Waals surface area contributed by atoms with Gasteiger partial charge in [-0.1, -0.05) is 30.3 Å². The molecule has 7 nitrogen and oxygen atoms in total. The number of benzene rings is 2. The van der Waals surface area contributed by atoms with Crippen molar-refractivity contribution in [3.8, 4) is 5.88 Å². The van der Waals surface area contributed by atoms with Crippen LogP contribution < -0.4 is 4.74 Å². The summed E-state index contributed by atoms with van der Waals surface area (Å²) in [4.78, 5) is 44.6. The molecule has 3 aromatic rings. The van der Waals surface area contributed by atoms with Crippen LogP contribution in [0.2, 0.25) is 0 Å². The van der Waals surface area contributed by atoms with Crippen LogP contribution in [0.5, 0.6) is 5.88 Å². The van der Waals surface area contributed by atoms with Crippen molar-refractivity contribution in [2.45, 2.75) is 18.9 Å². The van der Waals surface area contributed by atoms with Gasteiger partial charge in [-0.15, -0.1) is 0 Å². The number of aromatic nitrogens is 1. The van der Waals surface area contributed by atoms with E-state index in [-0.39, 0.29) is 36.8 Å². The number of carbonyl (C=O) groups excluding carboxylic acids is 3. The minimum absolute atomic E-state index is 0.00271. The summed E-state index contributed by atoms with van der Waals surface area (Å²) < 4.78 is 5.89. The molecule has 0 bridgehead atoms. The molecule has 1 saturated heterocycles. The second kappa shape index (κ2) is 7.83. The maximum Gasteiger partial charge on any atom is 0.261 e. The summed E-state index contributed by atoms with van der Waals surface area (Å²) in [5, 5.41) is 1.05. The Morgan fingerprint density at radius 2 is 1.61 bits per heavy atom. The van der Waals surface area contributed by atoms with Gasteiger partial charge in [-0.05, 0) is 30.7 Å². The van der Waals surface area contributed by atoms with Crippen LogP contribution in [0, 0.1) is 0 Å². The molecule has 31 heavy (non-hydrogen) atoms. The van der Waals surface area contributed by atoms with Gasteiger partial charge >= 0.3 is 0 Å². The van der Waals surface area contributed by atoms with Gasteiger partial charge in [-0.3, -0.25) is 19.3 Å². The molecule has 1 fully saturated rings. The molecule has 0 radical (unpaired) electrons. The molecule has 0 N–H and O–H groups in total. The fraction of sp³-hybridized carbons (Fsp3) is 0.250. The van der Waals surface area contributed by atoms with Crippen molar-refractivity contribution in [3.05, 3.63) is 71.8 Å². The van der Waals surface area contributed by atoms with Crippen LogP contribution >= 0.6 is 0 Å². The van der Waals surface area contributed by atoms with E-state index in [1.54, 1.807) is 29.2 Å². The number of fused-ring (bicyclic) bond motifs is 2. The summed E-state index contributed by atoms with van der Waals surface area (Å²) in [7, 11) is 0. The number of hydrogen-bond acceptors (Lipinski definition) is 5. The molecule has 1 aromatic heterocycles. The van der Waals surface area contributed by atoms with Gasteiger partial charge in [-0.2, -0.15) is 0 Å². The predicted molar refractivity (Wildman–Crippen MR) is 114 cm³/mol. The number of carbonyl (C=O) groups is 3. The lowest BCUT2D eigenvalue weighted by Crippen LogP contribution is -2.56. The highest BCUT2D eigenvalue weighted by Gasteiger charge is 2.35. The Hall–Kier alpha value is -3.74. The van der Waals surface area contributed by atoms with Crippen LogP contribution in [0.3, 0.4) is 0 Å². The molecule has 2 aromatic carbocycles. The van der Waals surface area contributed by atoms with Crippen molar-refractivity contribution in [1.82, 2.24) is 14.8 Å². The number of para-hydroxylation sites is 1. The van der Waals surface area contributed by atoms with E-state index in [1.807, 2.05) is 36.4 Å². The Bertz CT molecular complexity index is 1150. The molecule has 5 rings (SSSR count). The second-order valence-electron chi connectivity index (χ2n) is 7.79. The topological polar surface area (TPSA) is 79.8 Å². The zero-order valence-electron chi connectivity index (χ0n) is 16.9. The summed E-state index contributed by atoms with van der Waals surface area (Å²) in [6.07, 6.45) is 0.654. The van der Waals surface area contributed by atoms with Crippen LogP contribution in [-0.2, 0) is 4.79 Å². The number of pyridine rings is 1. The number of nitrogens with zero attached hydrogens (tertiary/aromatic N) is 3. The average Bonchev–Trinajstić information content (AvgIpc) is 3.01. The molecule has 3 amide bonds. The Kier molecular flexibility index (Phi) is 4.86. The molecular formula is C24H21N3O4. The normalized spacial score (nSPS) is 15.9. The molecule has 7 heteroatoms. The van der Waals surface area contributed by atoms with Gasteiger partial charge in [0.25, 0.3) is 11.8 Å². The quantitative estimate of drug-likeness (QED) is 0.579. The van der Waals surface area contributed by atoms with Crippen molar-refractivity contribution in [1.29, 1.82) is 0 Å². The van der Waals surface area contributed by atoms with Gasteiger partial charge < -0.3 is 9.64 Å². The minimum atomic E-state index is -0.284. The van der Waals surface area contributed by atoms with Crippen LogP contribution in [0.4, 0.5) is 0 Å². The predicted octanol–water partition coefficient (Wildman–Crippen LogP) is 2.90. The molecule has 0 atom stereocenters. The Balaban J connectivity index is 1.08. The molecule has 156 valence electrons. The first-order valence-electron chi connectivity index (χ1n) is 10.4. The number of amides is 3. The van der Waals surface area contributed by atoms with E-state index in [0.29, 0.717) is 36.5 Å². The number of ether oxygens (including phenoxy) is 1. The third-order valence-corrected chi connectivity index (χ3v) is 5.71. The number of hydrogen-bond donors (Lipinski definition) is 0. The molecule has 0 saturated carbocycles.